The van der Waals surface area contributed by atoms with Crippen LogP contribution in [0.15, 0.2) is 66.2 Å². The van der Waals surface area contributed by atoms with Gasteiger partial charge in [0.25, 0.3) is 5.91 Å². The summed E-state index contributed by atoms with van der Waals surface area (Å²) in [7, 11) is 0. The zero-order valence-corrected chi connectivity index (χ0v) is 18.4. The zero-order valence-electron chi connectivity index (χ0n) is 18.4. The van der Waals surface area contributed by atoms with E-state index in [1.807, 2.05) is 6.08 Å². The molecule has 2 heterocycles. The van der Waals surface area contributed by atoms with Crippen molar-refractivity contribution in [1.29, 1.82) is 0 Å². The standard InChI is InChI=1S/C27H24N2O5/c30-14-22-21(31)12-23(34-22)29-13-19(26(32)28-27(29)33)9-5-15-4-6-18-8-7-16-2-1-3-17-10-11-20(15)25(18)24(16)17/h1-4,6-11,21-23,30-31H,5,12-14H2,(H,28,32,33)/t21?,22-,23-/m0/s1. The SMILES string of the molecule is O=C1NC(=O)N([C@@H]2CC(O)[C@H](CO)O2)CC1=CCc1ccc2ccc3cccc4ccc1c2c34. The van der Waals surface area contributed by atoms with Crippen molar-refractivity contribution in [2.45, 2.75) is 31.3 Å². The molecule has 0 radical (unpaired) electrons. The van der Waals surface area contributed by atoms with E-state index < -0.39 is 30.4 Å². The van der Waals surface area contributed by atoms with Crippen molar-refractivity contribution in [3.05, 3.63) is 71.8 Å². The number of nitrogens with one attached hydrogen (secondary N) is 1. The van der Waals surface area contributed by atoms with Gasteiger partial charge in [0, 0.05) is 12.0 Å². The van der Waals surface area contributed by atoms with E-state index >= 15 is 0 Å². The molecule has 3 atom stereocenters. The summed E-state index contributed by atoms with van der Waals surface area (Å²) >= 11 is 0. The van der Waals surface area contributed by atoms with Crippen LogP contribution in [-0.4, -0.2) is 58.6 Å². The summed E-state index contributed by atoms with van der Waals surface area (Å²) in [5, 5.41) is 29.0. The van der Waals surface area contributed by atoms with E-state index in [2.05, 4.69) is 59.9 Å². The molecule has 0 bridgehead atoms. The normalized spacial score (nSPS) is 24.7. The molecule has 3 N–H and O–H groups in total. The number of urea groups is 1. The summed E-state index contributed by atoms with van der Waals surface area (Å²) in [5.41, 5.74) is 1.57. The molecular formula is C27H24N2O5. The van der Waals surface area contributed by atoms with Crippen LogP contribution in [0.1, 0.15) is 12.0 Å². The molecule has 7 heteroatoms. The van der Waals surface area contributed by atoms with Crippen molar-refractivity contribution >= 4 is 44.3 Å². The van der Waals surface area contributed by atoms with Crippen molar-refractivity contribution in [2.24, 2.45) is 0 Å². The lowest BCUT2D eigenvalue weighted by Crippen LogP contribution is -2.54. The third-order valence-electron chi connectivity index (χ3n) is 7.03. The van der Waals surface area contributed by atoms with Gasteiger partial charge in [-0.3, -0.25) is 15.0 Å². The summed E-state index contributed by atoms with van der Waals surface area (Å²) in [6.07, 6.45) is 0.292. The van der Waals surface area contributed by atoms with Crippen LogP contribution in [0.2, 0.25) is 0 Å². The highest BCUT2D eigenvalue weighted by Crippen LogP contribution is 2.36. The minimum Gasteiger partial charge on any atom is -0.394 e. The molecule has 1 unspecified atom stereocenters. The van der Waals surface area contributed by atoms with Gasteiger partial charge in [-0.15, -0.1) is 0 Å². The molecule has 0 aliphatic carbocycles. The Balaban J connectivity index is 1.32. The summed E-state index contributed by atoms with van der Waals surface area (Å²) < 4.78 is 5.63. The van der Waals surface area contributed by atoms with Crippen molar-refractivity contribution in [3.8, 4) is 0 Å². The largest absolute Gasteiger partial charge is 0.394 e. The number of nitrogens with zero attached hydrogens (tertiary/aromatic N) is 1. The summed E-state index contributed by atoms with van der Waals surface area (Å²) in [6, 6.07) is 18.5. The van der Waals surface area contributed by atoms with Crippen molar-refractivity contribution in [3.63, 3.8) is 0 Å². The highest BCUT2D eigenvalue weighted by molar-refractivity contribution is 6.23. The van der Waals surface area contributed by atoms with E-state index in [1.165, 1.54) is 31.8 Å². The van der Waals surface area contributed by atoms with E-state index in [1.54, 1.807) is 0 Å². The molecule has 4 aromatic rings. The van der Waals surface area contributed by atoms with Crippen LogP contribution in [0, 0.1) is 0 Å². The van der Waals surface area contributed by atoms with Crippen molar-refractivity contribution < 1.29 is 24.5 Å². The first-order valence-corrected chi connectivity index (χ1v) is 11.4. The maximum absolute atomic E-state index is 12.6. The molecule has 4 aromatic carbocycles. The molecule has 2 saturated heterocycles. The predicted molar refractivity (Wildman–Crippen MR) is 129 cm³/mol. The Kier molecular flexibility index (Phi) is 4.99. The fourth-order valence-corrected chi connectivity index (χ4v) is 5.24. The van der Waals surface area contributed by atoms with Gasteiger partial charge in [-0.25, -0.2) is 4.79 Å². The Bertz CT molecular complexity index is 1450. The average molecular weight is 456 g/mol. The molecule has 3 amide bonds. The Morgan fingerprint density at radius 2 is 1.71 bits per heavy atom. The molecule has 0 aromatic heterocycles. The molecule has 172 valence electrons. The van der Waals surface area contributed by atoms with Gasteiger partial charge in [-0.1, -0.05) is 60.7 Å². The van der Waals surface area contributed by atoms with Gasteiger partial charge in [-0.05, 0) is 44.3 Å². The summed E-state index contributed by atoms with van der Waals surface area (Å²) in [4.78, 5) is 26.4. The Morgan fingerprint density at radius 1 is 1.00 bits per heavy atom. The van der Waals surface area contributed by atoms with Crippen LogP contribution in [0.4, 0.5) is 4.79 Å². The van der Waals surface area contributed by atoms with Gasteiger partial charge in [0.05, 0.1) is 19.3 Å². The van der Waals surface area contributed by atoms with Crippen LogP contribution in [-0.2, 0) is 16.0 Å². The van der Waals surface area contributed by atoms with Gasteiger partial charge in [0.2, 0.25) is 0 Å². The van der Waals surface area contributed by atoms with E-state index in [0.717, 1.165) is 10.9 Å². The van der Waals surface area contributed by atoms with E-state index in [0.29, 0.717) is 12.0 Å². The lowest BCUT2D eigenvalue weighted by Gasteiger charge is -2.32. The molecule has 0 spiro atoms. The van der Waals surface area contributed by atoms with Gasteiger partial charge >= 0.3 is 6.03 Å². The van der Waals surface area contributed by atoms with Crippen LogP contribution in [0.25, 0.3) is 32.3 Å². The molecule has 0 saturated carbocycles. The van der Waals surface area contributed by atoms with Crippen molar-refractivity contribution in [1.82, 2.24) is 10.2 Å². The highest BCUT2D eigenvalue weighted by Gasteiger charge is 2.41. The number of aliphatic hydroxyl groups is 2. The first-order valence-electron chi connectivity index (χ1n) is 11.4. The number of aliphatic hydroxyl groups excluding tert-OH is 2. The fourth-order valence-electron chi connectivity index (χ4n) is 5.24. The Morgan fingerprint density at radius 3 is 2.44 bits per heavy atom. The molecule has 6 rings (SSSR count). The number of benzene rings is 4. The number of allylic oxidation sites excluding steroid dienone is 1. The third kappa shape index (κ3) is 3.32. The lowest BCUT2D eigenvalue weighted by atomic mass is 9.91. The second kappa shape index (κ2) is 8.06. The van der Waals surface area contributed by atoms with Crippen LogP contribution < -0.4 is 5.32 Å². The van der Waals surface area contributed by atoms with Crippen molar-refractivity contribution in [2.75, 3.05) is 13.2 Å². The molecule has 7 nitrogen and oxygen atoms in total. The zero-order chi connectivity index (χ0) is 23.4. The van der Waals surface area contributed by atoms with Crippen LogP contribution >= 0.6 is 0 Å². The number of carbonyl (C=O) groups is 2. The summed E-state index contributed by atoms with van der Waals surface area (Å²) in [5.74, 6) is -0.420. The number of imide groups is 1. The topological polar surface area (TPSA) is 99.1 Å². The Labute approximate surface area is 195 Å². The Hall–Kier alpha value is -3.52. The van der Waals surface area contributed by atoms with Gasteiger partial charge in [-0.2, -0.15) is 0 Å². The maximum atomic E-state index is 12.6. The second-order valence-corrected chi connectivity index (χ2v) is 9.02. The fraction of sp³-hybridized carbons (Fsp3) is 0.259. The first kappa shape index (κ1) is 21.0. The molecule has 2 aliphatic rings. The minimum atomic E-state index is -0.856. The third-order valence-corrected chi connectivity index (χ3v) is 7.03. The highest BCUT2D eigenvalue weighted by atomic mass is 16.5. The quantitative estimate of drug-likeness (QED) is 0.324. The summed E-state index contributed by atoms with van der Waals surface area (Å²) in [6.45, 7) is -0.241. The first-order chi connectivity index (χ1) is 16.5. The van der Waals surface area contributed by atoms with Crippen LogP contribution in [0.5, 0.6) is 0 Å². The smallest absolute Gasteiger partial charge is 0.326 e. The number of hydrogen-bond donors (Lipinski definition) is 3. The van der Waals surface area contributed by atoms with E-state index in [-0.39, 0.29) is 19.6 Å². The minimum absolute atomic E-state index is 0.0893. The van der Waals surface area contributed by atoms with Gasteiger partial charge in [0.15, 0.2) is 0 Å². The van der Waals surface area contributed by atoms with E-state index in [4.69, 9.17) is 4.74 Å². The number of ether oxygens (including phenoxy) is 1. The van der Waals surface area contributed by atoms with E-state index in [9.17, 15) is 19.8 Å². The molecule has 34 heavy (non-hydrogen) atoms. The predicted octanol–water partition coefficient (Wildman–Crippen LogP) is 3.07. The number of rotatable bonds is 4. The van der Waals surface area contributed by atoms with Gasteiger partial charge < -0.3 is 14.9 Å². The monoisotopic (exact) mass is 456 g/mol. The number of carbonyl (C=O) groups excluding carboxylic acids is 2. The lowest BCUT2D eigenvalue weighted by molar-refractivity contribution is -0.119. The molecule has 2 aliphatic heterocycles. The molecular weight excluding hydrogens is 432 g/mol. The number of hydrogen-bond acceptors (Lipinski definition) is 5. The maximum Gasteiger partial charge on any atom is 0.326 e. The number of amides is 3. The van der Waals surface area contributed by atoms with Crippen LogP contribution in [0.3, 0.4) is 0 Å². The average Bonchev–Trinajstić information content (AvgIpc) is 3.22. The van der Waals surface area contributed by atoms with Gasteiger partial charge in [0.1, 0.15) is 12.3 Å². The second-order valence-electron chi connectivity index (χ2n) is 9.02. The molecule has 2 fully saturated rings.